The van der Waals surface area contributed by atoms with Gasteiger partial charge in [0.25, 0.3) is 0 Å². The van der Waals surface area contributed by atoms with Crippen LogP contribution in [0.15, 0.2) is 12.3 Å². The molecule has 0 aliphatic rings. The summed E-state index contributed by atoms with van der Waals surface area (Å²) in [6.07, 6.45) is 1.53. The Morgan fingerprint density at radius 1 is 1.38 bits per heavy atom. The monoisotopic (exact) mass is 279 g/mol. The molecule has 0 N–H and O–H groups in total. The van der Waals surface area contributed by atoms with Crippen molar-refractivity contribution < 1.29 is 4.21 Å². The first kappa shape index (κ1) is 13.9. The third-order valence-electron chi connectivity index (χ3n) is 2.52. The predicted molar refractivity (Wildman–Crippen MR) is 70.4 cm³/mol. The number of pyridine rings is 1. The molecule has 1 rings (SSSR count). The first-order valence-electron chi connectivity index (χ1n) is 5.09. The molecule has 16 heavy (non-hydrogen) atoms. The molecular weight excluding hydrogens is 265 g/mol. The van der Waals surface area contributed by atoms with E-state index in [0.29, 0.717) is 27.4 Å². The van der Waals surface area contributed by atoms with E-state index in [4.69, 9.17) is 23.2 Å². The maximum atomic E-state index is 12.0. The molecule has 0 aliphatic carbocycles. The lowest BCUT2D eigenvalue weighted by atomic mass is 10.2. The maximum absolute atomic E-state index is 12.0. The van der Waals surface area contributed by atoms with Crippen LogP contribution in [0.25, 0.3) is 0 Å². The van der Waals surface area contributed by atoms with Crippen molar-refractivity contribution in [3.63, 3.8) is 0 Å². The Morgan fingerprint density at radius 3 is 2.50 bits per heavy atom. The van der Waals surface area contributed by atoms with E-state index in [9.17, 15) is 4.21 Å². The summed E-state index contributed by atoms with van der Waals surface area (Å²) in [6, 6.07) is 1.63. The average Bonchev–Trinajstić information content (AvgIpc) is 2.20. The number of halogens is 2. The third kappa shape index (κ3) is 3.72. The van der Waals surface area contributed by atoms with Gasteiger partial charge < -0.3 is 0 Å². The molecule has 1 aromatic rings. The Labute approximate surface area is 109 Å². The summed E-state index contributed by atoms with van der Waals surface area (Å²) < 4.78 is 12.0. The van der Waals surface area contributed by atoms with E-state index >= 15 is 0 Å². The lowest BCUT2D eigenvalue weighted by Gasteiger charge is -2.15. The number of aromatic nitrogens is 1. The van der Waals surface area contributed by atoms with Crippen LogP contribution in [0.1, 0.15) is 26.5 Å². The molecule has 0 amide bonds. The molecule has 2 nitrogen and oxygen atoms in total. The topological polar surface area (TPSA) is 30.0 Å². The van der Waals surface area contributed by atoms with Crippen LogP contribution in [-0.2, 0) is 16.6 Å². The summed E-state index contributed by atoms with van der Waals surface area (Å²) in [6.45, 7) is 6.09. The fraction of sp³-hybridized carbons (Fsp3) is 0.545. The number of nitrogens with zero attached hydrogens (tertiary/aromatic N) is 1. The molecule has 1 aromatic heterocycles. The molecule has 0 aliphatic heterocycles. The van der Waals surface area contributed by atoms with Gasteiger partial charge in [-0.1, -0.05) is 44.0 Å². The van der Waals surface area contributed by atoms with Gasteiger partial charge in [0, 0.05) is 22.2 Å². The predicted octanol–water partition coefficient (Wildman–Crippen LogP) is 3.68. The zero-order chi connectivity index (χ0) is 12.3. The van der Waals surface area contributed by atoms with Gasteiger partial charge in [-0.25, -0.2) is 0 Å². The third-order valence-corrected chi connectivity index (χ3v) is 4.98. The summed E-state index contributed by atoms with van der Waals surface area (Å²) >= 11 is 11.7. The summed E-state index contributed by atoms with van der Waals surface area (Å²) in [4.78, 5) is 4.10. The molecule has 5 heteroatoms. The highest BCUT2D eigenvalue weighted by molar-refractivity contribution is 7.84. The van der Waals surface area contributed by atoms with Gasteiger partial charge in [-0.15, -0.1) is 0 Å². The molecule has 90 valence electrons. The highest BCUT2D eigenvalue weighted by Gasteiger charge is 2.17. The maximum Gasteiger partial charge on any atom is 0.0715 e. The van der Waals surface area contributed by atoms with Crippen LogP contribution in [0.3, 0.4) is 0 Å². The van der Waals surface area contributed by atoms with E-state index in [1.54, 1.807) is 6.07 Å². The molecule has 0 bridgehead atoms. The van der Waals surface area contributed by atoms with Crippen molar-refractivity contribution in [3.8, 4) is 0 Å². The largest absolute Gasteiger partial charge is 0.259 e. The molecular formula is C11H15Cl2NOS. The molecule has 0 saturated carbocycles. The molecule has 0 spiro atoms. The van der Waals surface area contributed by atoms with Crippen molar-refractivity contribution in [1.29, 1.82) is 0 Å². The second-order valence-electron chi connectivity index (χ2n) is 4.06. The Balaban J connectivity index is 2.77. The first-order valence-corrected chi connectivity index (χ1v) is 7.22. The van der Waals surface area contributed by atoms with Gasteiger partial charge in [-0.3, -0.25) is 9.19 Å². The molecule has 0 saturated heterocycles. The quantitative estimate of drug-likeness (QED) is 0.842. The van der Waals surface area contributed by atoms with Gasteiger partial charge in [0.15, 0.2) is 0 Å². The minimum Gasteiger partial charge on any atom is -0.259 e. The molecule has 1 heterocycles. The highest BCUT2D eigenvalue weighted by Crippen LogP contribution is 2.21. The van der Waals surface area contributed by atoms with Gasteiger partial charge in [-0.05, 0) is 12.0 Å². The normalized spacial score (nSPS) is 15.1. The van der Waals surface area contributed by atoms with Crippen LogP contribution < -0.4 is 0 Å². The van der Waals surface area contributed by atoms with Crippen LogP contribution in [-0.4, -0.2) is 14.4 Å². The van der Waals surface area contributed by atoms with E-state index in [-0.39, 0.29) is 5.25 Å². The minimum absolute atomic E-state index is 0.133. The van der Waals surface area contributed by atoms with Crippen molar-refractivity contribution in [2.75, 3.05) is 0 Å². The number of hydrogen-bond donors (Lipinski definition) is 0. The Bertz CT molecular complexity index is 396. The van der Waals surface area contributed by atoms with E-state index in [1.165, 1.54) is 6.20 Å². The van der Waals surface area contributed by atoms with Crippen molar-refractivity contribution in [2.24, 2.45) is 5.92 Å². The summed E-state index contributed by atoms with van der Waals surface area (Å²) in [5.74, 6) is 0.766. The fourth-order valence-electron chi connectivity index (χ4n) is 1.12. The molecule has 2 atom stereocenters. The Morgan fingerprint density at radius 2 is 2.00 bits per heavy atom. The van der Waals surface area contributed by atoms with Crippen molar-refractivity contribution in [1.82, 2.24) is 4.98 Å². The Kier molecular flexibility index (Phi) is 5.22. The van der Waals surface area contributed by atoms with Crippen molar-refractivity contribution in [2.45, 2.75) is 31.8 Å². The van der Waals surface area contributed by atoms with Crippen LogP contribution in [0, 0.1) is 5.92 Å². The molecule has 0 fully saturated rings. The molecule has 0 aromatic carbocycles. The zero-order valence-electron chi connectivity index (χ0n) is 9.54. The van der Waals surface area contributed by atoms with Gasteiger partial charge >= 0.3 is 0 Å². The zero-order valence-corrected chi connectivity index (χ0v) is 11.9. The fourth-order valence-corrected chi connectivity index (χ4v) is 3.01. The summed E-state index contributed by atoms with van der Waals surface area (Å²) in [5, 5.41) is 1.11. The van der Waals surface area contributed by atoms with E-state index < -0.39 is 10.8 Å². The minimum atomic E-state index is -0.953. The van der Waals surface area contributed by atoms with Crippen LogP contribution in [0.4, 0.5) is 0 Å². The Hall–Kier alpha value is -0.120. The standard InChI is InChI=1S/C11H15Cl2NOS/c1-7(2)8(3)16(15)6-11-10(13)4-9(12)5-14-11/h4-5,7-8H,6H2,1-3H3/t8-,16+/m0/s1. The van der Waals surface area contributed by atoms with E-state index in [0.717, 1.165) is 0 Å². The number of hydrogen-bond acceptors (Lipinski definition) is 2. The SMILES string of the molecule is CC(C)[C@H](C)[S@](=O)Cc1ncc(Cl)cc1Cl. The van der Waals surface area contributed by atoms with Gasteiger partial charge in [-0.2, -0.15) is 0 Å². The molecule has 0 radical (unpaired) electrons. The van der Waals surface area contributed by atoms with E-state index in [1.807, 2.05) is 6.92 Å². The summed E-state index contributed by atoms with van der Waals surface area (Å²) in [5.41, 5.74) is 0.650. The van der Waals surface area contributed by atoms with Crippen molar-refractivity contribution >= 4 is 34.0 Å². The number of rotatable bonds is 4. The highest BCUT2D eigenvalue weighted by atomic mass is 35.5. The molecule has 0 unspecified atom stereocenters. The van der Waals surface area contributed by atoms with Crippen LogP contribution in [0.5, 0.6) is 0 Å². The summed E-state index contributed by atoms with van der Waals surface area (Å²) in [7, 11) is -0.953. The van der Waals surface area contributed by atoms with Gasteiger partial charge in [0.1, 0.15) is 0 Å². The smallest absolute Gasteiger partial charge is 0.0715 e. The average molecular weight is 280 g/mol. The second kappa shape index (κ2) is 5.99. The van der Waals surface area contributed by atoms with Gasteiger partial charge in [0.05, 0.1) is 21.5 Å². The van der Waals surface area contributed by atoms with E-state index in [2.05, 4.69) is 18.8 Å². The second-order valence-corrected chi connectivity index (χ2v) is 6.69. The van der Waals surface area contributed by atoms with Crippen LogP contribution in [0.2, 0.25) is 10.0 Å². The van der Waals surface area contributed by atoms with Crippen LogP contribution >= 0.6 is 23.2 Å². The van der Waals surface area contributed by atoms with Crippen molar-refractivity contribution in [3.05, 3.63) is 28.0 Å². The lowest BCUT2D eigenvalue weighted by molar-refractivity contribution is 0.604. The van der Waals surface area contributed by atoms with Gasteiger partial charge in [0.2, 0.25) is 0 Å². The lowest BCUT2D eigenvalue weighted by Crippen LogP contribution is -2.19. The first-order chi connectivity index (χ1) is 7.41.